The fourth-order valence-electron chi connectivity index (χ4n) is 1.81. The molecule has 1 rings (SSSR count). The summed E-state index contributed by atoms with van der Waals surface area (Å²) in [5.41, 5.74) is 0. The number of rotatable bonds is 7. The molecule has 0 fully saturated rings. The van der Waals surface area contributed by atoms with Crippen LogP contribution >= 0.6 is 11.3 Å². The Bertz CT molecular complexity index is 298. The molecule has 0 spiro atoms. The SMILES string of the molecule is CCc1ccc(C(C)NC(CC)CCO)s1. The lowest BCUT2D eigenvalue weighted by Gasteiger charge is -2.20. The van der Waals surface area contributed by atoms with Crippen molar-refractivity contribution in [1.82, 2.24) is 5.32 Å². The first kappa shape index (κ1) is 13.7. The third-order valence-corrected chi connectivity index (χ3v) is 4.33. The third-order valence-electron chi connectivity index (χ3n) is 2.91. The van der Waals surface area contributed by atoms with E-state index < -0.39 is 0 Å². The van der Waals surface area contributed by atoms with Gasteiger partial charge in [0.15, 0.2) is 0 Å². The van der Waals surface area contributed by atoms with Gasteiger partial charge in [-0.1, -0.05) is 13.8 Å². The predicted octanol–water partition coefficient (Wildman–Crippen LogP) is 3.12. The van der Waals surface area contributed by atoms with Crippen LogP contribution in [-0.2, 0) is 6.42 Å². The van der Waals surface area contributed by atoms with Gasteiger partial charge in [0, 0.05) is 28.4 Å². The van der Waals surface area contributed by atoms with E-state index in [1.54, 1.807) is 0 Å². The van der Waals surface area contributed by atoms with E-state index >= 15 is 0 Å². The Morgan fingerprint density at radius 3 is 2.62 bits per heavy atom. The summed E-state index contributed by atoms with van der Waals surface area (Å²) in [4.78, 5) is 2.84. The highest BCUT2D eigenvalue weighted by Crippen LogP contribution is 2.24. The Morgan fingerprint density at radius 1 is 1.38 bits per heavy atom. The molecule has 0 aliphatic heterocycles. The molecule has 0 amide bonds. The first-order valence-electron chi connectivity index (χ1n) is 6.16. The van der Waals surface area contributed by atoms with Crippen LogP contribution in [0.2, 0.25) is 0 Å². The summed E-state index contributed by atoms with van der Waals surface area (Å²) in [5, 5.41) is 12.5. The molecule has 2 unspecified atom stereocenters. The molecule has 0 saturated heterocycles. The van der Waals surface area contributed by atoms with E-state index in [1.807, 2.05) is 11.3 Å². The summed E-state index contributed by atoms with van der Waals surface area (Å²) < 4.78 is 0. The summed E-state index contributed by atoms with van der Waals surface area (Å²) in [6.07, 6.45) is 3.02. The van der Waals surface area contributed by atoms with Gasteiger partial charge in [-0.2, -0.15) is 0 Å². The number of aryl methyl sites for hydroxylation is 1. The highest BCUT2D eigenvalue weighted by Gasteiger charge is 2.12. The van der Waals surface area contributed by atoms with Crippen molar-refractivity contribution in [3.8, 4) is 0 Å². The molecular formula is C13H23NOS. The van der Waals surface area contributed by atoms with Crippen LogP contribution in [0.1, 0.15) is 49.4 Å². The van der Waals surface area contributed by atoms with Crippen molar-refractivity contribution in [3.05, 3.63) is 21.9 Å². The van der Waals surface area contributed by atoms with Gasteiger partial charge < -0.3 is 10.4 Å². The van der Waals surface area contributed by atoms with Gasteiger partial charge in [-0.15, -0.1) is 11.3 Å². The molecule has 1 heterocycles. The number of nitrogens with one attached hydrogen (secondary N) is 1. The minimum Gasteiger partial charge on any atom is -0.396 e. The summed E-state index contributed by atoms with van der Waals surface area (Å²) in [6, 6.07) is 5.24. The van der Waals surface area contributed by atoms with Crippen LogP contribution in [0.25, 0.3) is 0 Å². The van der Waals surface area contributed by atoms with Crippen molar-refractivity contribution in [2.45, 2.75) is 52.1 Å². The zero-order valence-corrected chi connectivity index (χ0v) is 11.3. The fraction of sp³-hybridized carbons (Fsp3) is 0.692. The fourth-order valence-corrected chi connectivity index (χ4v) is 2.78. The number of hydrogen-bond acceptors (Lipinski definition) is 3. The Morgan fingerprint density at radius 2 is 2.12 bits per heavy atom. The molecule has 1 aromatic rings. The first-order chi connectivity index (χ1) is 7.71. The standard InChI is InChI=1S/C13H23NOS/c1-4-11(8-9-15)14-10(3)13-7-6-12(5-2)16-13/h6-7,10-11,14-15H,4-5,8-9H2,1-3H3. The number of hydrogen-bond donors (Lipinski definition) is 2. The average molecular weight is 241 g/mol. The van der Waals surface area contributed by atoms with Crippen LogP contribution < -0.4 is 5.32 Å². The predicted molar refractivity (Wildman–Crippen MR) is 71.0 cm³/mol. The Kier molecular flexibility index (Phi) is 6.03. The van der Waals surface area contributed by atoms with Crippen LogP contribution in [0, 0.1) is 0 Å². The molecule has 92 valence electrons. The zero-order chi connectivity index (χ0) is 12.0. The van der Waals surface area contributed by atoms with Crippen LogP contribution in [0.15, 0.2) is 12.1 Å². The molecule has 0 aromatic carbocycles. The molecule has 0 saturated carbocycles. The van der Waals surface area contributed by atoms with E-state index in [0.717, 1.165) is 19.3 Å². The van der Waals surface area contributed by atoms with Gasteiger partial charge in [0.25, 0.3) is 0 Å². The second-order valence-electron chi connectivity index (χ2n) is 4.16. The minimum absolute atomic E-state index is 0.267. The molecule has 2 N–H and O–H groups in total. The topological polar surface area (TPSA) is 32.3 Å². The lowest BCUT2D eigenvalue weighted by atomic mass is 10.1. The van der Waals surface area contributed by atoms with Crippen LogP contribution in [-0.4, -0.2) is 17.8 Å². The van der Waals surface area contributed by atoms with Crippen LogP contribution in [0.3, 0.4) is 0 Å². The summed E-state index contributed by atoms with van der Waals surface area (Å²) in [7, 11) is 0. The molecule has 2 nitrogen and oxygen atoms in total. The second kappa shape index (κ2) is 7.05. The number of aliphatic hydroxyl groups excluding tert-OH is 1. The first-order valence-corrected chi connectivity index (χ1v) is 6.98. The van der Waals surface area contributed by atoms with Crippen molar-refractivity contribution in [2.75, 3.05) is 6.61 Å². The molecule has 3 heteroatoms. The molecule has 0 aliphatic rings. The smallest absolute Gasteiger partial charge is 0.0445 e. The summed E-state index contributed by atoms with van der Waals surface area (Å²) in [6.45, 7) is 6.81. The van der Waals surface area contributed by atoms with Crippen molar-refractivity contribution in [2.24, 2.45) is 0 Å². The Labute approximate surface area is 103 Å². The third kappa shape index (κ3) is 3.89. The molecule has 16 heavy (non-hydrogen) atoms. The zero-order valence-electron chi connectivity index (χ0n) is 10.5. The molecule has 0 aliphatic carbocycles. The maximum atomic E-state index is 8.96. The monoisotopic (exact) mass is 241 g/mol. The molecule has 0 bridgehead atoms. The van der Waals surface area contributed by atoms with Crippen molar-refractivity contribution in [3.63, 3.8) is 0 Å². The lowest BCUT2D eigenvalue weighted by molar-refractivity contribution is 0.257. The van der Waals surface area contributed by atoms with E-state index in [2.05, 4.69) is 38.2 Å². The normalized spacial score (nSPS) is 15.0. The highest BCUT2D eigenvalue weighted by molar-refractivity contribution is 7.12. The molecule has 0 radical (unpaired) electrons. The maximum absolute atomic E-state index is 8.96. The Hall–Kier alpha value is -0.380. The quantitative estimate of drug-likeness (QED) is 0.769. The molecule has 1 aromatic heterocycles. The average Bonchev–Trinajstić information content (AvgIpc) is 2.76. The van der Waals surface area contributed by atoms with Gasteiger partial charge in [0.2, 0.25) is 0 Å². The van der Waals surface area contributed by atoms with E-state index in [-0.39, 0.29) is 6.61 Å². The summed E-state index contributed by atoms with van der Waals surface area (Å²) >= 11 is 1.89. The van der Waals surface area contributed by atoms with Crippen LogP contribution in [0.4, 0.5) is 0 Å². The van der Waals surface area contributed by atoms with Crippen LogP contribution in [0.5, 0.6) is 0 Å². The van der Waals surface area contributed by atoms with E-state index in [4.69, 9.17) is 5.11 Å². The number of aliphatic hydroxyl groups is 1. The largest absolute Gasteiger partial charge is 0.396 e. The lowest BCUT2D eigenvalue weighted by Crippen LogP contribution is -2.31. The minimum atomic E-state index is 0.267. The molecule has 2 atom stereocenters. The van der Waals surface area contributed by atoms with E-state index in [9.17, 15) is 0 Å². The molecular weight excluding hydrogens is 218 g/mol. The van der Waals surface area contributed by atoms with Gasteiger partial charge >= 0.3 is 0 Å². The van der Waals surface area contributed by atoms with E-state index in [1.165, 1.54) is 9.75 Å². The van der Waals surface area contributed by atoms with Crippen molar-refractivity contribution < 1.29 is 5.11 Å². The van der Waals surface area contributed by atoms with Gasteiger partial charge in [-0.3, -0.25) is 0 Å². The van der Waals surface area contributed by atoms with Crippen molar-refractivity contribution >= 4 is 11.3 Å². The van der Waals surface area contributed by atoms with Gasteiger partial charge in [-0.05, 0) is 38.3 Å². The van der Waals surface area contributed by atoms with Gasteiger partial charge in [0.05, 0.1) is 0 Å². The van der Waals surface area contributed by atoms with E-state index in [0.29, 0.717) is 12.1 Å². The second-order valence-corrected chi connectivity index (χ2v) is 5.36. The number of thiophene rings is 1. The highest BCUT2D eigenvalue weighted by atomic mass is 32.1. The van der Waals surface area contributed by atoms with Gasteiger partial charge in [0.1, 0.15) is 0 Å². The van der Waals surface area contributed by atoms with Crippen molar-refractivity contribution in [1.29, 1.82) is 0 Å². The maximum Gasteiger partial charge on any atom is 0.0445 e. The Balaban J connectivity index is 2.52. The van der Waals surface area contributed by atoms with Gasteiger partial charge in [-0.25, -0.2) is 0 Å². The summed E-state index contributed by atoms with van der Waals surface area (Å²) in [5.74, 6) is 0.